The van der Waals surface area contributed by atoms with E-state index in [9.17, 15) is 26.4 Å². The first-order valence-corrected chi connectivity index (χ1v) is 10.9. The Kier molecular flexibility index (Phi) is 6.78. The van der Waals surface area contributed by atoms with Crippen LogP contribution in [0.5, 0.6) is 0 Å². The van der Waals surface area contributed by atoms with Gasteiger partial charge < -0.3 is 5.32 Å². The highest BCUT2D eigenvalue weighted by atomic mass is 32.2. The van der Waals surface area contributed by atoms with Gasteiger partial charge in [-0.25, -0.2) is 23.1 Å². The molecule has 0 aliphatic carbocycles. The number of amides is 1. The van der Waals surface area contributed by atoms with Gasteiger partial charge in [0.05, 0.1) is 4.90 Å². The second-order valence-electron chi connectivity index (χ2n) is 6.96. The van der Waals surface area contributed by atoms with E-state index in [2.05, 4.69) is 15.3 Å². The van der Waals surface area contributed by atoms with Crippen LogP contribution in [0.4, 0.5) is 24.8 Å². The van der Waals surface area contributed by atoms with Crippen LogP contribution in [0, 0.1) is 0 Å². The van der Waals surface area contributed by atoms with Crippen molar-refractivity contribution in [1.82, 2.24) is 9.97 Å². The molecule has 1 amide bonds. The Labute approximate surface area is 182 Å². The lowest BCUT2D eigenvalue weighted by Gasteiger charge is -2.12. The standard InChI is InChI=1S/C21H19F3N4O3S/c1-14(15-5-3-2-4-6-15)13-19(29)26-16-7-9-17(10-8-16)32(30,31)28-20-25-12-11-18(27-20)21(22,23)24/h2-12,14H,13H2,1H3,(H,26,29)(H,25,27,28)/t14-/m1/s1. The third-order valence-electron chi connectivity index (χ3n) is 4.48. The van der Waals surface area contributed by atoms with E-state index in [-0.39, 0.29) is 23.1 Å². The number of benzene rings is 2. The van der Waals surface area contributed by atoms with E-state index in [1.807, 2.05) is 42.0 Å². The molecule has 0 unspecified atom stereocenters. The second kappa shape index (κ2) is 9.35. The lowest BCUT2D eigenvalue weighted by atomic mass is 9.97. The fourth-order valence-corrected chi connectivity index (χ4v) is 3.80. The van der Waals surface area contributed by atoms with E-state index >= 15 is 0 Å². The maximum absolute atomic E-state index is 12.7. The Balaban J connectivity index is 1.65. The Morgan fingerprint density at radius 1 is 1.03 bits per heavy atom. The lowest BCUT2D eigenvalue weighted by Crippen LogP contribution is -2.17. The number of anilines is 2. The molecule has 168 valence electrons. The van der Waals surface area contributed by atoms with Gasteiger partial charge in [0.15, 0.2) is 0 Å². The molecule has 0 aliphatic heterocycles. The van der Waals surface area contributed by atoms with Crippen LogP contribution in [0.3, 0.4) is 0 Å². The summed E-state index contributed by atoms with van der Waals surface area (Å²) in [4.78, 5) is 18.7. The number of hydrogen-bond donors (Lipinski definition) is 2. The number of aromatic nitrogens is 2. The maximum Gasteiger partial charge on any atom is 0.433 e. The second-order valence-corrected chi connectivity index (χ2v) is 8.64. The van der Waals surface area contributed by atoms with Crippen molar-refractivity contribution in [3.05, 3.63) is 78.1 Å². The predicted molar refractivity (Wildman–Crippen MR) is 112 cm³/mol. The molecule has 0 spiro atoms. The molecule has 7 nitrogen and oxygen atoms in total. The van der Waals surface area contributed by atoms with Crippen molar-refractivity contribution < 1.29 is 26.4 Å². The lowest BCUT2D eigenvalue weighted by molar-refractivity contribution is -0.141. The minimum Gasteiger partial charge on any atom is -0.326 e. The molecular formula is C21H19F3N4O3S. The van der Waals surface area contributed by atoms with Crippen molar-refractivity contribution in [3.63, 3.8) is 0 Å². The Hall–Kier alpha value is -3.47. The number of rotatable bonds is 7. The summed E-state index contributed by atoms with van der Waals surface area (Å²) >= 11 is 0. The van der Waals surface area contributed by atoms with E-state index < -0.39 is 27.8 Å². The van der Waals surface area contributed by atoms with Crippen LogP contribution < -0.4 is 10.0 Å². The first-order valence-electron chi connectivity index (χ1n) is 9.42. The number of halogens is 3. The van der Waals surface area contributed by atoms with Crippen LogP contribution in [-0.4, -0.2) is 24.3 Å². The molecular weight excluding hydrogens is 445 g/mol. The molecule has 3 rings (SSSR count). The first-order chi connectivity index (χ1) is 15.0. The number of carbonyl (C=O) groups excluding carboxylic acids is 1. The zero-order valence-electron chi connectivity index (χ0n) is 16.8. The quantitative estimate of drug-likeness (QED) is 0.539. The van der Waals surface area contributed by atoms with Crippen LogP contribution in [0.15, 0.2) is 71.8 Å². The topological polar surface area (TPSA) is 101 Å². The molecule has 11 heteroatoms. The van der Waals surface area contributed by atoms with Crippen LogP contribution in [0.25, 0.3) is 0 Å². The van der Waals surface area contributed by atoms with E-state index in [0.29, 0.717) is 11.8 Å². The van der Waals surface area contributed by atoms with E-state index in [0.717, 1.165) is 11.8 Å². The van der Waals surface area contributed by atoms with Crippen molar-refractivity contribution >= 4 is 27.6 Å². The molecule has 0 saturated carbocycles. The van der Waals surface area contributed by atoms with Gasteiger partial charge in [0.1, 0.15) is 5.69 Å². The Morgan fingerprint density at radius 2 is 1.69 bits per heavy atom. The van der Waals surface area contributed by atoms with Crippen LogP contribution >= 0.6 is 0 Å². The average Bonchev–Trinajstić information content (AvgIpc) is 2.74. The first kappa shape index (κ1) is 23.2. The number of alkyl halides is 3. The molecule has 1 aromatic heterocycles. The molecule has 0 radical (unpaired) electrons. The molecule has 0 bridgehead atoms. The fourth-order valence-electron chi connectivity index (χ4n) is 2.85. The minimum atomic E-state index is -4.74. The van der Waals surface area contributed by atoms with Crippen LogP contribution in [-0.2, 0) is 21.0 Å². The summed E-state index contributed by atoms with van der Waals surface area (Å²) < 4.78 is 65.0. The summed E-state index contributed by atoms with van der Waals surface area (Å²) in [6.45, 7) is 1.92. The van der Waals surface area contributed by atoms with E-state index in [4.69, 9.17) is 0 Å². The summed E-state index contributed by atoms with van der Waals surface area (Å²) in [5.41, 5.74) is 0.129. The third-order valence-corrected chi connectivity index (χ3v) is 5.82. The summed E-state index contributed by atoms with van der Waals surface area (Å²) in [7, 11) is -4.23. The molecule has 2 aromatic carbocycles. The van der Waals surface area contributed by atoms with Gasteiger partial charge in [-0.2, -0.15) is 13.2 Å². The number of sulfonamides is 1. The number of nitrogens with one attached hydrogen (secondary N) is 2. The zero-order chi connectivity index (χ0) is 23.4. The average molecular weight is 464 g/mol. The molecule has 1 atom stereocenters. The normalized spacial score (nSPS) is 12.8. The molecule has 2 N–H and O–H groups in total. The van der Waals surface area contributed by atoms with Crippen molar-refractivity contribution in [2.75, 3.05) is 10.0 Å². The van der Waals surface area contributed by atoms with Crippen molar-refractivity contribution in [3.8, 4) is 0 Å². The minimum absolute atomic E-state index is 0.00693. The molecule has 0 saturated heterocycles. The smallest absolute Gasteiger partial charge is 0.326 e. The highest BCUT2D eigenvalue weighted by molar-refractivity contribution is 7.92. The van der Waals surface area contributed by atoms with Crippen molar-refractivity contribution in [2.45, 2.75) is 30.3 Å². The van der Waals surface area contributed by atoms with Gasteiger partial charge in [0.2, 0.25) is 11.9 Å². The van der Waals surface area contributed by atoms with Gasteiger partial charge in [-0.05, 0) is 41.8 Å². The highest BCUT2D eigenvalue weighted by Crippen LogP contribution is 2.28. The van der Waals surface area contributed by atoms with E-state index in [1.165, 1.54) is 24.3 Å². The molecule has 0 aliphatic rings. The van der Waals surface area contributed by atoms with Gasteiger partial charge >= 0.3 is 6.18 Å². The number of hydrogen-bond acceptors (Lipinski definition) is 5. The summed E-state index contributed by atoms with van der Waals surface area (Å²) in [6, 6.07) is 15.4. The predicted octanol–water partition coefficient (Wildman–Crippen LogP) is 4.43. The van der Waals surface area contributed by atoms with Gasteiger partial charge in [-0.3, -0.25) is 4.79 Å². The van der Waals surface area contributed by atoms with Crippen molar-refractivity contribution in [1.29, 1.82) is 0 Å². The third kappa shape index (κ3) is 6.03. The van der Waals surface area contributed by atoms with Crippen LogP contribution in [0.2, 0.25) is 0 Å². The number of carbonyl (C=O) groups is 1. The maximum atomic E-state index is 12.7. The van der Waals surface area contributed by atoms with Crippen molar-refractivity contribution in [2.24, 2.45) is 0 Å². The number of nitrogens with zero attached hydrogens (tertiary/aromatic N) is 2. The molecule has 0 fully saturated rings. The van der Waals surface area contributed by atoms with Gasteiger partial charge in [-0.15, -0.1) is 0 Å². The largest absolute Gasteiger partial charge is 0.433 e. The molecule has 32 heavy (non-hydrogen) atoms. The van der Waals surface area contributed by atoms with Crippen LogP contribution in [0.1, 0.15) is 30.5 Å². The van der Waals surface area contributed by atoms with Gasteiger partial charge in [-0.1, -0.05) is 37.3 Å². The highest BCUT2D eigenvalue weighted by Gasteiger charge is 2.33. The molecule has 3 aromatic rings. The monoisotopic (exact) mass is 464 g/mol. The van der Waals surface area contributed by atoms with Gasteiger partial charge in [0.25, 0.3) is 10.0 Å². The van der Waals surface area contributed by atoms with Gasteiger partial charge in [0, 0.05) is 18.3 Å². The fraction of sp³-hybridized carbons (Fsp3) is 0.190. The summed E-state index contributed by atoms with van der Waals surface area (Å²) in [5, 5.41) is 2.69. The SMILES string of the molecule is C[C@H](CC(=O)Nc1ccc(S(=O)(=O)Nc2nccc(C(F)(F)F)n2)cc1)c1ccccc1. The molecule has 1 heterocycles. The summed E-state index contributed by atoms with van der Waals surface area (Å²) in [6.07, 6.45) is -3.69. The Morgan fingerprint density at radius 3 is 2.31 bits per heavy atom. The Bertz CT molecular complexity index is 1180. The summed E-state index contributed by atoms with van der Waals surface area (Å²) in [5.74, 6) is -0.952. The zero-order valence-corrected chi connectivity index (χ0v) is 17.6. The van der Waals surface area contributed by atoms with E-state index in [1.54, 1.807) is 0 Å².